The van der Waals surface area contributed by atoms with Crippen molar-refractivity contribution in [2.45, 2.75) is 50.2 Å². The largest absolute Gasteiger partial charge is 0.383 e. The zero-order valence-corrected chi connectivity index (χ0v) is 19.5. The predicted molar refractivity (Wildman–Crippen MR) is 131 cm³/mol. The Labute approximate surface area is 203 Å². The molecule has 0 spiro atoms. The SMILES string of the molecule is N#CC[C@H]1CC[C@H](n2c(C(=O)N3CCC(O)(c4ccccc4)C3)nc3cnc4[nH]ccc4c32)CC1. The molecule has 1 saturated carbocycles. The quantitative estimate of drug-likeness (QED) is 0.464. The number of H-pyrrole nitrogens is 1. The molecule has 1 atom stereocenters. The van der Waals surface area contributed by atoms with Crippen LogP contribution in [0.25, 0.3) is 22.1 Å². The third kappa shape index (κ3) is 3.67. The van der Waals surface area contributed by atoms with Crippen LogP contribution in [0.15, 0.2) is 48.8 Å². The highest BCUT2D eigenvalue weighted by Crippen LogP contribution is 2.39. The molecule has 2 aliphatic rings. The minimum Gasteiger partial charge on any atom is -0.383 e. The van der Waals surface area contributed by atoms with E-state index in [1.165, 1.54) is 0 Å². The molecule has 4 heterocycles. The minimum atomic E-state index is -1.06. The van der Waals surface area contributed by atoms with Crippen LogP contribution in [0.1, 0.15) is 60.7 Å². The number of hydrogen-bond acceptors (Lipinski definition) is 5. The van der Waals surface area contributed by atoms with Crippen molar-refractivity contribution in [2.24, 2.45) is 5.92 Å². The Morgan fingerprint density at radius 3 is 2.77 bits per heavy atom. The van der Waals surface area contributed by atoms with Crippen LogP contribution in [0, 0.1) is 17.2 Å². The second-order valence-electron chi connectivity index (χ2n) is 9.95. The number of imidazole rings is 1. The van der Waals surface area contributed by atoms with Crippen molar-refractivity contribution in [3.8, 4) is 6.07 Å². The van der Waals surface area contributed by atoms with E-state index in [1.807, 2.05) is 42.6 Å². The first-order valence-corrected chi connectivity index (χ1v) is 12.4. The van der Waals surface area contributed by atoms with Crippen molar-refractivity contribution in [1.82, 2.24) is 24.4 Å². The van der Waals surface area contributed by atoms with Crippen molar-refractivity contribution in [1.29, 1.82) is 5.26 Å². The number of amides is 1. The van der Waals surface area contributed by atoms with E-state index in [2.05, 4.69) is 20.6 Å². The van der Waals surface area contributed by atoms with Gasteiger partial charge in [-0.1, -0.05) is 30.3 Å². The maximum absolute atomic E-state index is 13.9. The van der Waals surface area contributed by atoms with Crippen LogP contribution >= 0.6 is 0 Å². The first-order chi connectivity index (χ1) is 17.1. The van der Waals surface area contributed by atoms with Gasteiger partial charge >= 0.3 is 0 Å². The van der Waals surface area contributed by atoms with Gasteiger partial charge in [-0.3, -0.25) is 4.79 Å². The van der Waals surface area contributed by atoms with Crippen LogP contribution < -0.4 is 0 Å². The van der Waals surface area contributed by atoms with E-state index in [4.69, 9.17) is 10.2 Å². The number of nitrogens with one attached hydrogen (secondary N) is 1. The summed E-state index contributed by atoms with van der Waals surface area (Å²) >= 11 is 0. The van der Waals surface area contributed by atoms with Gasteiger partial charge in [-0.15, -0.1) is 0 Å². The molecule has 1 saturated heterocycles. The average Bonchev–Trinajstić information content (AvgIpc) is 3.61. The lowest BCUT2D eigenvalue weighted by atomic mass is 9.84. The third-order valence-corrected chi connectivity index (χ3v) is 7.83. The van der Waals surface area contributed by atoms with E-state index in [1.54, 1.807) is 11.1 Å². The molecule has 1 aliphatic heterocycles. The standard InChI is InChI=1S/C27H28N6O2/c28-13-10-18-6-8-20(9-7-18)33-23-21-11-14-29-24(21)30-16-22(23)31-25(33)26(34)32-15-12-27(35,17-32)19-4-2-1-3-5-19/h1-5,11,14,16,18,20,35H,6-10,12,15,17H2,(H,29,30)/t18-,20-,27?. The van der Waals surface area contributed by atoms with Crippen molar-refractivity contribution in [3.63, 3.8) is 0 Å². The minimum absolute atomic E-state index is 0.130. The number of nitriles is 1. The lowest BCUT2D eigenvalue weighted by Crippen LogP contribution is -2.36. The Kier molecular flexibility index (Phi) is 5.30. The second kappa shape index (κ2) is 8.51. The van der Waals surface area contributed by atoms with Crippen molar-refractivity contribution >= 4 is 28.0 Å². The number of fused-ring (bicyclic) bond motifs is 3. The van der Waals surface area contributed by atoms with Crippen molar-refractivity contribution in [3.05, 3.63) is 60.2 Å². The number of likely N-dealkylation sites (tertiary alicyclic amines) is 1. The van der Waals surface area contributed by atoms with E-state index in [0.717, 1.165) is 47.8 Å². The van der Waals surface area contributed by atoms with E-state index >= 15 is 0 Å². The van der Waals surface area contributed by atoms with Crippen molar-refractivity contribution in [2.75, 3.05) is 13.1 Å². The fraction of sp³-hybridized carbons (Fsp3) is 0.407. The number of β-amino-alcohol motifs (C(OH)–C–C–N with tert-alkyl or cyclic N) is 1. The first-order valence-electron chi connectivity index (χ1n) is 12.4. The summed E-state index contributed by atoms with van der Waals surface area (Å²) in [6.45, 7) is 0.714. The monoisotopic (exact) mass is 468 g/mol. The summed E-state index contributed by atoms with van der Waals surface area (Å²) in [5.74, 6) is 0.672. The molecule has 4 aromatic rings. The molecule has 178 valence electrons. The fourth-order valence-corrected chi connectivity index (χ4v) is 5.93. The summed E-state index contributed by atoms with van der Waals surface area (Å²) in [6.07, 6.45) is 8.40. The Morgan fingerprint density at radius 2 is 2.00 bits per heavy atom. The molecule has 0 bridgehead atoms. The number of benzene rings is 1. The molecule has 35 heavy (non-hydrogen) atoms. The molecule has 0 radical (unpaired) electrons. The van der Waals surface area contributed by atoms with Gasteiger partial charge in [-0.25, -0.2) is 9.97 Å². The molecule has 8 nitrogen and oxygen atoms in total. The van der Waals surface area contributed by atoms with Crippen molar-refractivity contribution < 1.29 is 9.90 Å². The summed E-state index contributed by atoms with van der Waals surface area (Å²) in [5, 5.41) is 21.4. The maximum Gasteiger partial charge on any atom is 0.290 e. The van der Waals surface area contributed by atoms with Gasteiger partial charge < -0.3 is 19.6 Å². The van der Waals surface area contributed by atoms with E-state index < -0.39 is 5.60 Å². The van der Waals surface area contributed by atoms with Crippen LogP contribution in [-0.4, -0.2) is 48.5 Å². The van der Waals surface area contributed by atoms with Gasteiger partial charge in [0.1, 0.15) is 16.8 Å². The molecular weight excluding hydrogens is 440 g/mol. The Balaban J connectivity index is 1.38. The topological polar surface area (TPSA) is 111 Å². The highest BCUT2D eigenvalue weighted by atomic mass is 16.3. The molecule has 1 unspecified atom stereocenters. The predicted octanol–water partition coefficient (Wildman–Crippen LogP) is 4.29. The molecule has 2 fully saturated rings. The molecule has 1 aromatic carbocycles. The van der Waals surface area contributed by atoms with Gasteiger partial charge in [0.2, 0.25) is 5.82 Å². The number of pyridine rings is 1. The smallest absolute Gasteiger partial charge is 0.290 e. The lowest BCUT2D eigenvalue weighted by molar-refractivity contribution is 0.0411. The molecule has 6 rings (SSSR count). The van der Waals surface area contributed by atoms with Gasteiger partial charge in [-0.2, -0.15) is 5.26 Å². The van der Waals surface area contributed by atoms with E-state index in [9.17, 15) is 9.90 Å². The molecule has 8 heteroatoms. The number of carbonyl (C=O) groups is 1. The van der Waals surface area contributed by atoms with Gasteiger partial charge in [-0.05, 0) is 49.7 Å². The summed E-state index contributed by atoms with van der Waals surface area (Å²) in [5.41, 5.74) is 2.18. The Bertz CT molecular complexity index is 1430. The Hall–Kier alpha value is -3.70. The second-order valence-corrected chi connectivity index (χ2v) is 9.95. The number of aliphatic hydroxyl groups is 1. The van der Waals surface area contributed by atoms with Crippen LogP contribution in [0.3, 0.4) is 0 Å². The van der Waals surface area contributed by atoms with E-state index in [-0.39, 0.29) is 18.5 Å². The number of rotatable bonds is 4. The van der Waals surface area contributed by atoms with Gasteiger partial charge in [0, 0.05) is 30.6 Å². The highest BCUT2D eigenvalue weighted by molar-refractivity contribution is 6.04. The van der Waals surface area contributed by atoms with Gasteiger partial charge in [0.25, 0.3) is 5.91 Å². The van der Waals surface area contributed by atoms with Crippen LogP contribution in [0.2, 0.25) is 0 Å². The zero-order valence-electron chi connectivity index (χ0n) is 19.5. The fourth-order valence-electron chi connectivity index (χ4n) is 5.93. The molecule has 2 N–H and O–H groups in total. The van der Waals surface area contributed by atoms with Gasteiger partial charge in [0.15, 0.2) is 0 Å². The number of nitrogens with zero attached hydrogens (tertiary/aromatic N) is 5. The van der Waals surface area contributed by atoms with Gasteiger partial charge in [0.05, 0.1) is 24.3 Å². The number of hydrogen-bond donors (Lipinski definition) is 2. The Morgan fingerprint density at radius 1 is 1.20 bits per heavy atom. The number of aromatic amines is 1. The zero-order chi connectivity index (χ0) is 24.0. The molecule has 1 aliphatic carbocycles. The third-order valence-electron chi connectivity index (χ3n) is 7.83. The molecule has 3 aromatic heterocycles. The first kappa shape index (κ1) is 21.8. The molecule has 1 amide bonds. The summed E-state index contributed by atoms with van der Waals surface area (Å²) in [6, 6.07) is 14.0. The van der Waals surface area contributed by atoms with Crippen LogP contribution in [-0.2, 0) is 5.60 Å². The molecular formula is C27H28N6O2. The van der Waals surface area contributed by atoms with Crippen LogP contribution in [0.5, 0.6) is 0 Å². The highest BCUT2D eigenvalue weighted by Gasteiger charge is 2.41. The summed E-state index contributed by atoms with van der Waals surface area (Å²) in [4.78, 5) is 28.1. The van der Waals surface area contributed by atoms with Crippen LogP contribution in [0.4, 0.5) is 0 Å². The van der Waals surface area contributed by atoms with E-state index in [0.29, 0.717) is 36.6 Å². The maximum atomic E-state index is 13.9. The number of aromatic nitrogens is 4. The summed E-state index contributed by atoms with van der Waals surface area (Å²) < 4.78 is 2.12. The lowest BCUT2D eigenvalue weighted by Gasteiger charge is -2.30. The average molecular weight is 469 g/mol. The normalized spacial score (nSPS) is 24.7. The number of carbonyl (C=O) groups excluding carboxylic acids is 1. The summed E-state index contributed by atoms with van der Waals surface area (Å²) in [7, 11) is 0.